The Hall–Kier alpha value is -0.770. The van der Waals surface area contributed by atoms with E-state index < -0.39 is 19.9 Å². The molecule has 6 nitrogen and oxygen atoms in total. The summed E-state index contributed by atoms with van der Waals surface area (Å²) in [5, 5.41) is 2.75. The van der Waals surface area contributed by atoms with Crippen LogP contribution in [0.3, 0.4) is 0 Å². The molecule has 0 amide bonds. The molecule has 0 atom stereocenters. The maximum atomic E-state index is 12.2. The highest BCUT2D eigenvalue weighted by Crippen LogP contribution is 2.24. The molecule has 114 valence electrons. The van der Waals surface area contributed by atoms with Crippen molar-refractivity contribution in [3.8, 4) is 0 Å². The quantitative estimate of drug-likeness (QED) is 0.714. The number of hydrogen-bond acceptors (Lipinski definition) is 6. The van der Waals surface area contributed by atoms with Gasteiger partial charge in [-0.3, -0.25) is 0 Å². The molecule has 1 aromatic rings. The second kappa shape index (κ2) is 6.79. The molecule has 20 heavy (non-hydrogen) atoms. The number of hydrogen-bond donors (Lipinski definition) is 2. The van der Waals surface area contributed by atoms with E-state index in [4.69, 9.17) is 0 Å². The number of anilines is 1. The Morgan fingerprint density at radius 3 is 2.35 bits per heavy atom. The van der Waals surface area contributed by atoms with E-state index in [9.17, 15) is 16.8 Å². The van der Waals surface area contributed by atoms with Gasteiger partial charge in [-0.1, -0.05) is 0 Å². The van der Waals surface area contributed by atoms with E-state index in [0.29, 0.717) is 11.4 Å². The van der Waals surface area contributed by atoms with Gasteiger partial charge in [0.05, 0.1) is 10.6 Å². The summed E-state index contributed by atoms with van der Waals surface area (Å²) in [4.78, 5) is -0.0919. The Balaban J connectivity index is 3.27. The normalized spacial score (nSPS) is 12.3. The van der Waals surface area contributed by atoms with Crippen molar-refractivity contribution in [1.29, 1.82) is 0 Å². The molecule has 0 fully saturated rings. The van der Waals surface area contributed by atoms with Gasteiger partial charge in [0.25, 0.3) is 0 Å². The van der Waals surface area contributed by atoms with E-state index in [1.807, 2.05) is 6.26 Å². The van der Waals surface area contributed by atoms with Gasteiger partial charge in [0.15, 0.2) is 9.84 Å². The molecule has 0 aliphatic rings. The lowest BCUT2D eigenvalue weighted by Crippen LogP contribution is -2.27. The molecule has 0 radical (unpaired) electrons. The molecule has 0 saturated heterocycles. The second-order valence-electron chi connectivity index (χ2n) is 4.07. The van der Waals surface area contributed by atoms with Gasteiger partial charge in [-0.25, -0.2) is 21.6 Å². The lowest BCUT2D eigenvalue weighted by Gasteiger charge is -2.12. The summed E-state index contributed by atoms with van der Waals surface area (Å²) in [6.45, 7) is 0.287. The summed E-state index contributed by atoms with van der Waals surface area (Å²) in [6, 6.07) is 3.99. The average molecular weight is 338 g/mol. The maximum absolute atomic E-state index is 12.2. The maximum Gasteiger partial charge on any atom is 0.242 e. The summed E-state index contributed by atoms with van der Waals surface area (Å²) in [5.41, 5.74) is 0.356. The van der Waals surface area contributed by atoms with Crippen LogP contribution in [0.2, 0.25) is 0 Å². The molecule has 0 aliphatic heterocycles. The summed E-state index contributed by atoms with van der Waals surface area (Å²) in [6.07, 6.45) is 2.91. The van der Waals surface area contributed by atoms with Crippen molar-refractivity contribution in [2.75, 3.05) is 37.2 Å². The molecule has 0 aliphatic carbocycles. The van der Waals surface area contributed by atoms with Gasteiger partial charge in [-0.15, -0.1) is 0 Å². The molecule has 0 spiro atoms. The van der Waals surface area contributed by atoms with E-state index in [2.05, 4.69) is 10.0 Å². The van der Waals surface area contributed by atoms with Crippen LogP contribution in [0.1, 0.15) is 0 Å². The smallest absolute Gasteiger partial charge is 0.242 e. The van der Waals surface area contributed by atoms with Gasteiger partial charge < -0.3 is 5.32 Å². The highest BCUT2D eigenvalue weighted by Gasteiger charge is 2.20. The third kappa shape index (κ3) is 4.37. The van der Waals surface area contributed by atoms with E-state index in [1.165, 1.54) is 30.0 Å². The molecule has 0 unspecified atom stereocenters. The zero-order chi connectivity index (χ0) is 15.4. The minimum Gasteiger partial charge on any atom is -0.387 e. The molecule has 1 aromatic carbocycles. The highest BCUT2D eigenvalue weighted by molar-refractivity contribution is 7.98. The van der Waals surface area contributed by atoms with E-state index in [0.717, 1.165) is 6.26 Å². The van der Waals surface area contributed by atoms with Crippen LogP contribution in [-0.4, -0.2) is 48.7 Å². The second-order valence-corrected chi connectivity index (χ2v) is 8.81. The first-order chi connectivity index (χ1) is 9.22. The largest absolute Gasteiger partial charge is 0.387 e. The molecular formula is C11H18N2O4S3. The molecule has 0 aromatic heterocycles. The average Bonchev–Trinajstić information content (AvgIpc) is 2.37. The Morgan fingerprint density at radius 2 is 1.85 bits per heavy atom. The minimum atomic E-state index is -3.75. The topological polar surface area (TPSA) is 92.3 Å². The SMILES string of the molecule is CNc1ccc(S(C)(=O)=O)cc1S(=O)(=O)NCCSC. The Labute approximate surface area is 124 Å². The number of benzene rings is 1. The molecule has 9 heteroatoms. The molecule has 1 rings (SSSR count). The zero-order valence-electron chi connectivity index (χ0n) is 11.5. The third-order valence-corrected chi connectivity index (χ3v) is 5.76. The van der Waals surface area contributed by atoms with Crippen molar-refractivity contribution in [3.05, 3.63) is 18.2 Å². The Bertz CT molecular complexity index is 669. The van der Waals surface area contributed by atoms with Crippen LogP contribution in [0.4, 0.5) is 5.69 Å². The summed E-state index contributed by atoms with van der Waals surface area (Å²) in [5.74, 6) is 0.639. The standard InChI is InChI=1S/C11H18N2O4S3/c1-12-10-5-4-9(19(3,14)15)8-11(10)20(16,17)13-6-7-18-2/h4-5,8,12-13H,6-7H2,1-3H3. The van der Waals surface area contributed by atoms with Gasteiger partial charge in [0, 0.05) is 25.6 Å². The molecule has 0 saturated carbocycles. The van der Waals surface area contributed by atoms with Crippen LogP contribution in [0.5, 0.6) is 0 Å². The fraction of sp³-hybridized carbons (Fsp3) is 0.455. The van der Waals surface area contributed by atoms with E-state index >= 15 is 0 Å². The number of nitrogens with one attached hydrogen (secondary N) is 2. The zero-order valence-corrected chi connectivity index (χ0v) is 14.0. The van der Waals surface area contributed by atoms with Crippen molar-refractivity contribution in [3.63, 3.8) is 0 Å². The van der Waals surface area contributed by atoms with Gasteiger partial charge in [0.1, 0.15) is 4.90 Å². The monoisotopic (exact) mass is 338 g/mol. The summed E-state index contributed by atoms with van der Waals surface area (Å²) in [7, 11) is -5.63. The van der Waals surface area contributed by atoms with Crippen molar-refractivity contribution in [2.45, 2.75) is 9.79 Å². The molecular weight excluding hydrogens is 320 g/mol. The van der Waals surface area contributed by atoms with Crippen LogP contribution in [0.25, 0.3) is 0 Å². The third-order valence-electron chi connectivity index (χ3n) is 2.54. The van der Waals surface area contributed by atoms with Crippen LogP contribution in [0.15, 0.2) is 28.0 Å². The lowest BCUT2D eigenvalue weighted by molar-refractivity contribution is 0.584. The molecule has 0 heterocycles. The van der Waals surface area contributed by atoms with Crippen LogP contribution in [-0.2, 0) is 19.9 Å². The number of rotatable bonds is 7. The van der Waals surface area contributed by atoms with E-state index in [-0.39, 0.29) is 16.3 Å². The fourth-order valence-corrected chi connectivity index (χ4v) is 3.94. The first-order valence-corrected chi connectivity index (χ1v) is 10.5. The van der Waals surface area contributed by atoms with Gasteiger partial charge in [0.2, 0.25) is 10.0 Å². The number of sulfone groups is 1. The number of sulfonamides is 1. The first-order valence-electron chi connectivity index (χ1n) is 5.73. The van der Waals surface area contributed by atoms with Crippen molar-refractivity contribution >= 4 is 37.3 Å². The molecule has 0 bridgehead atoms. The lowest BCUT2D eigenvalue weighted by atomic mass is 10.3. The predicted molar refractivity (Wildman–Crippen MR) is 82.7 cm³/mol. The van der Waals surface area contributed by atoms with Gasteiger partial charge in [-0.05, 0) is 24.5 Å². The van der Waals surface area contributed by atoms with Crippen molar-refractivity contribution < 1.29 is 16.8 Å². The van der Waals surface area contributed by atoms with Crippen molar-refractivity contribution in [1.82, 2.24) is 4.72 Å². The minimum absolute atomic E-state index is 0.0262. The van der Waals surface area contributed by atoms with Crippen LogP contribution < -0.4 is 10.0 Å². The fourth-order valence-electron chi connectivity index (χ4n) is 1.52. The van der Waals surface area contributed by atoms with Gasteiger partial charge >= 0.3 is 0 Å². The van der Waals surface area contributed by atoms with Gasteiger partial charge in [-0.2, -0.15) is 11.8 Å². The Kier molecular flexibility index (Phi) is 5.87. The first kappa shape index (κ1) is 17.3. The number of thioether (sulfide) groups is 1. The highest BCUT2D eigenvalue weighted by atomic mass is 32.2. The summed E-state index contributed by atoms with van der Waals surface area (Å²) < 4.78 is 49.9. The predicted octanol–water partition coefficient (Wildman–Crippen LogP) is 0.773. The summed E-state index contributed by atoms with van der Waals surface area (Å²) >= 11 is 1.52. The van der Waals surface area contributed by atoms with E-state index in [1.54, 1.807) is 7.05 Å². The molecule has 2 N–H and O–H groups in total. The van der Waals surface area contributed by atoms with Crippen LogP contribution >= 0.6 is 11.8 Å². The van der Waals surface area contributed by atoms with Crippen LogP contribution in [0, 0.1) is 0 Å². The van der Waals surface area contributed by atoms with Crippen molar-refractivity contribution in [2.24, 2.45) is 0 Å². The Morgan fingerprint density at radius 1 is 1.20 bits per heavy atom.